The van der Waals surface area contributed by atoms with Gasteiger partial charge >= 0.3 is 0 Å². The lowest BCUT2D eigenvalue weighted by Crippen LogP contribution is -2.30. The first-order valence-corrected chi connectivity index (χ1v) is 10.6. The maximum absolute atomic E-state index is 12.6. The number of hydrogen-bond donors (Lipinski definition) is 3. The highest BCUT2D eigenvalue weighted by atomic mass is 32.2. The summed E-state index contributed by atoms with van der Waals surface area (Å²) in [6.07, 6.45) is 0.119. The summed E-state index contributed by atoms with van der Waals surface area (Å²) in [7, 11) is -2.38. The molecule has 2 aromatic carbocycles. The lowest BCUT2D eigenvalue weighted by Gasteiger charge is -2.06. The van der Waals surface area contributed by atoms with Crippen LogP contribution in [0.5, 0.6) is 11.5 Å². The Morgan fingerprint density at radius 2 is 1.93 bits per heavy atom. The van der Waals surface area contributed by atoms with Crippen molar-refractivity contribution in [3.05, 3.63) is 53.6 Å². The number of anilines is 1. The van der Waals surface area contributed by atoms with E-state index in [9.17, 15) is 18.3 Å². The van der Waals surface area contributed by atoms with Crippen LogP contribution in [0.1, 0.15) is 11.1 Å². The molecule has 3 N–H and O–H groups in total. The monoisotopic (exact) mass is 434 g/mol. The number of hydrazine groups is 1. The third-order valence-corrected chi connectivity index (χ3v) is 6.24. The number of carbonyl (C=O) groups excluding carboxylic acids is 1. The van der Waals surface area contributed by atoms with E-state index in [2.05, 4.69) is 20.2 Å². The van der Waals surface area contributed by atoms with Crippen molar-refractivity contribution >= 4 is 32.4 Å². The van der Waals surface area contributed by atoms with Gasteiger partial charge in [-0.1, -0.05) is 12.1 Å². The summed E-state index contributed by atoms with van der Waals surface area (Å²) < 4.78 is 34.1. The molecule has 0 fully saturated rings. The second-order valence-electron chi connectivity index (χ2n) is 6.03. The Kier molecular flexibility index (Phi) is 5.99. The van der Waals surface area contributed by atoms with Crippen molar-refractivity contribution in [2.75, 3.05) is 12.5 Å². The van der Waals surface area contributed by atoms with E-state index in [4.69, 9.17) is 4.74 Å². The standard InChI is InChI=1S/C18H18N4O5S2/c1-11-9-14(7-8-15(11)23)29(25,26)18-19-17(28-22-18)21-20-16(24)10-12-3-5-13(27-2)6-4-12/h3-9,23H,10H2,1-2H3,(H,20,24)(H,19,21,22). The van der Waals surface area contributed by atoms with Gasteiger partial charge in [0, 0.05) is 11.5 Å². The number of aryl methyl sites for hydroxylation is 1. The minimum absolute atomic E-state index is 0.00267. The van der Waals surface area contributed by atoms with Crippen molar-refractivity contribution < 1.29 is 23.1 Å². The fourth-order valence-electron chi connectivity index (χ4n) is 2.37. The van der Waals surface area contributed by atoms with Crippen LogP contribution in [0.15, 0.2) is 52.5 Å². The largest absolute Gasteiger partial charge is 0.508 e. The first-order chi connectivity index (χ1) is 13.8. The van der Waals surface area contributed by atoms with Crippen molar-refractivity contribution in [2.45, 2.75) is 23.4 Å². The molecule has 0 spiro atoms. The topological polar surface area (TPSA) is 131 Å². The fourth-order valence-corrected chi connectivity index (χ4v) is 4.36. The second kappa shape index (κ2) is 8.45. The van der Waals surface area contributed by atoms with E-state index in [0.717, 1.165) is 17.1 Å². The van der Waals surface area contributed by atoms with E-state index < -0.39 is 9.84 Å². The Hall–Kier alpha value is -3.18. The number of sulfone groups is 1. The summed E-state index contributed by atoms with van der Waals surface area (Å²) in [5.41, 5.74) is 6.23. The van der Waals surface area contributed by atoms with Crippen LogP contribution in [0.3, 0.4) is 0 Å². The van der Waals surface area contributed by atoms with Crippen LogP contribution in [0.25, 0.3) is 0 Å². The number of nitrogens with zero attached hydrogens (tertiary/aromatic N) is 2. The van der Waals surface area contributed by atoms with E-state index >= 15 is 0 Å². The number of phenols is 1. The van der Waals surface area contributed by atoms with Crippen LogP contribution in [0.2, 0.25) is 0 Å². The predicted molar refractivity (Wildman–Crippen MR) is 107 cm³/mol. The van der Waals surface area contributed by atoms with Gasteiger partial charge in [-0.15, -0.1) is 0 Å². The van der Waals surface area contributed by atoms with Crippen LogP contribution in [-0.2, 0) is 21.1 Å². The Bertz CT molecular complexity index is 1130. The van der Waals surface area contributed by atoms with Gasteiger partial charge in [0.1, 0.15) is 11.5 Å². The summed E-state index contributed by atoms with van der Waals surface area (Å²) >= 11 is 0.800. The van der Waals surface area contributed by atoms with Gasteiger partial charge in [-0.3, -0.25) is 15.6 Å². The summed E-state index contributed by atoms with van der Waals surface area (Å²) in [4.78, 5) is 15.9. The smallest absolute Gasteiger partial charge is 0.265 e. The molecule has 0 radical (unpaired) electrons. The van der Waals surface area contributed by atoms with Gasteiger partial charge in [-0.05, 0) is 48.4 Å². The van der Waals surface area contributed by atoms with Crippen LogP contribution < -0.4 is 15.6 Å². The number of methoxy groups -OCH3 is 1. The second-order valence-corrected chi connectivity index (χ2v) is 8.63. The van der Waals surface area contributed by atoms with Crippen molar-refractivity contribution in [3.63, 3.8) is 0 Å². The predicted octanol–water partition coefficient (Wildman–Crippen LogP) is 2.08. The zero-order valence-corrected chi connectivity index (χ0v) is 17.2. The molecule has 11 heteroatoms. The number of rotatable bonds is 7. The Balaban J connectivity index is 1.63. The van der Waals surface area contributed by atoms with Crippen LogP contribution in [0.4, 0.5) is 5.13 Å². The summed E-state index contributed by atoms with van der Waals surface area (Å²) in [6, 6.07) is 11.0. The van der Waals surface area contributed by atoms with Gasteiger partial charge in [0.15, 0.2) is 0 Å². The van der Waals surface area contributed by atoms with Crippen molar-refractivity contribution in [3.8, 4) is 11.5 Å². The molecule has 3 rings (SSSR count). The third-order valence-electron chi connectivity index (χ3n) is 3.96. The maximum atomic E-state index is 12.6. The molecule has 0 unspecified atom stereocenters. The Morgan fingerprint density at radius 1 is 1.21 bits per heavy atom. The van der Waals surface area contributed by atoms with Crippen LogP contribution in [-0.4, -0.2) is 35.9 Å². The van der Waals surface area contributed by atoms with Gasteiger partial charge < -0.3 is 9.84 Å². The number of hydrogen-bond acceptors (Lipinski definition) is 9. The number of ether oxygens (including phenoxy) is 1. The van der Waals surface area contributed by atoms with Crippen molar-refractivity contribution in [1.82, 2.24) is 14.8 Å². The average molecular weight is 434 g/mol. The summed E-state index contributed by atoms with van der Waals surface area (Å²) in [5, 5.41) is 9.30. The van der Waals surface area contributed by atoms with Crippen LogP contribution in [0, 0.1) is 6.92 Å². The molecule has 0 aliphatic heterocycles. The number of phenolic OH excluding ortho intramolecular Hbond substituents is 1. The van der Waals surface area contributed by atoms with E-state index in [1.54, 1.807) is 38.3 Å². The van der Waals surface area contributed by atoms with Crippen molar-refractivity contribution in [2.24, 2.45) is 0 Å². The molecule has 3 aromatic rings. The molecule has 152 valence electrons. The highest BCUT2D eigenvalue weighted by Gasteiger charge is 2.24. The molecular formula is C18H18N4O5S2. The minimum atomic E-state index is -3.94. The normalized spacial score (nSPS) is 11.1. The quantitative estimate of drug-likeness (QED) is 0.482. The number of aromatic nitrogens is 2. The zero-order valence-electron chi connectivity index (χ0n) is 15.5. The van der Waals surface area contributed by atoms with Gasteiger partial charge in [-0.2, -0.15) is 9.36 Å². The van der Waals surface area contributed by atoms with Gasteiger partial charge in [-0.25, -0.2) is 8.42 Å². The number of aromatic hydroxyl groups is 1. The fraction of sp³-hybridized carbons (Fsp3) is 0.167. The van der Waals surface area contributed by atoms with Gasteiger partial charge in [0.2, 0.25) is 20.9 Å². The third kappa shape index (κ3) is 4.81. The molecule has 1 aromatic heterocycles. The number of nitrogens with one attached hydrogen (secondary N) is 2. The molecular weight excluding hydrogens is 416 g/mol. The average Bonchev–Trinajstić information content (AvgIpc) is 3.19. The lowest BCUT2D eigenvalue weighted by atomic mass is 10.1. The Morgan fingerprint density at radius 3 is 2.59 bits per heavy atom. The molecule has 0 aliphatic rings. The number of amides is 1. The first kappa shape index (κ1) is 20.6. The number of carbonyl (C=O) groups is 1. The molecule has 0 aliphatic carbocycles. The summed E-state index contributed by atoms with van der Waals surface area (Å²) in [5.74, 6) is 0.361. The summed E-state index contributed by atoms with van der Waals surface area (Å²) in [6.45, 7) is 1.59. The highest BCUT2D eigenvalue weighted by Crippen LogP contribution is 2.25. The molecule has 29 heavy (non-hydrogen) atoms. The van der Waals surface area contributed by atoms with E-state index in [1.165, 1.54) is 18.2 Å². The maximum Gasteiger partial charge on any atom is 0.265 e. The minimum Gasteiger partial charge on any atom is -0.508 e. The molecule has 0 saturated heterocycles. The van der Waals surface area contributed by atoms with E-state index in [-0.39, 0.29) is 33.3 Å². The molecule has 1 heterocycles. The number of benzene rings is 2. The molecule has 0 atom stereocenters. The van der Waals surface area contributed by atoms with E-state index in [1.807, 2.05) is 0 Å². The lowest BCUT2D eigenvalue weighted by molar-refractivity contribution is -0.119. The molecule has 1 amide bonds. The zero-order chi connectivity index (χ0) is 21.0. The molecule has 0 bridgehead atoms. The highest BCUT2D eigenvalue weighted by molar-refractivity contribution is 7.91. The molecule has 0 saturated carbocycles. The van der Waals surface area contributed by atoms with Gasteiger partial charge in [0.05, 0.1) is 18.4 Å². The molecule has 9 nitrogen and oxygen atoms in total. The first-order valence-electron chi connectivity index (χ1n) is 8.36. The SMILES string of the molecule is COc1ccc(CC(=O)NNc2nc(S(=O)(=O)c3ccc(O)c(C)c3)ns2)cc1. The van der Waals surface area contributed by atoms with Gasteiger partial charge in [0.25, 0.3) is 5.16 Å². The Labute approximate surface area is 171 Å². The van der Waals surface area contributed by atoms with E-state index in [0.29, 0.717) is 11.3 Å². The van der Waals surface area contributed by atoms with Crippen LogP contribution >= 0.6 is 11.5 Å². The van der Waals surface area contributed by atoms with Crippen molar-refractivity contribution in [1.29, 1.82) is 0 Å².